The van der Waals surface area contributed by atoms with Crippen LogP contribution in [0.4, 0.5) is 0 Å². The molecule has 3 nitrogen and oxygen atoms in total. The molecule has 1 aromatic heterocycles. The van der Waals surface area contributed by atoms with Gasteiger partial charge in [-0.15, -0.1) is 11.3 Å². The van der Waals surface area contributed by atoms with E-state index in [1.165, 1.54) is 62.9 Å². The summed E-state index contributed by atoms with van der Waals surface area (Å²) in [7, 11) is 0. The number of likely N-dealkylation sites (tertiary alicyclic amines) is 1. The summed E-state index contributed by atoms with van der Waals surface area (Å²) in [6.45, 7) is 3.15. The van der Waals surface area contributed by atoms with E-state index in [1.54, 1.807) is 0 Å². The Morgan fingerprint density at radius 3 is 2.40 bits per heavy atom. The van der Waals surface area contributed by atoms with Crippen molar-refractivity contribution in [2.24, 2.45) is 29.6 Å². The number of hydrogen-bond donors (Lipinski definition) is 1. The zero-order valence-corrected chi connectivity index (χ0v) is 15.8. The third-order valence-corrected chi connectivity index (χ3v) is 8.43. The van der Waals surface area contributed by atoms with Crippen LogP contribution in [-0.4, -0.2) is 30.4 Å². The Hall–Kier alpha value is -0.870. The first kappa shape index (κ1) is 16.3. The molecule has 5 aliphatic rings. The molecule has 1 amide bonds. The maximum absolute atomic E-state index is 13.1. The van der Waals surface area contributed by atoms with Gasteiger partial charge in [-0.1, -0.05) is 6.07 Å². The second-order valence-electron chi connectivity index (χ2n) is 8.98. The van der Waals surface area contributed by atoms with E-state index in [9.17, 15) is 4.79 Å². The van der Waals surface area contributed by atoms with Gasteiger partial charge in [0.1, 0.15) is 0 Å². The van der Waals surface area contributed by atoms with Gasteiger partial charge in [-0.25, -0.2) is 0 Å². The molecule has 25 heavy (non-hydrogen) atoms. The molecule has 1 unspecified atom stereocenters. The maximum atomic E-state index is 13.1. The van der Waals surface area contributed by atoms with Crippen molar-refractivity contribution in [3.63, 3.8) is 0 Å². The van der Waals surface area contributed by atoms with Crippen LogP contribution >= 0.6 is 11.3 Å². The first-order chi connectivity index (χ1) is 12.3. The molecular formula is C21H30N2OS. The van der Waals surface area contributed by atoms with Crippen LogP contribution in [0.3, 0.4) is 0 Å². The first-order valence-corrected chi connectivity index (χ1v) is 11.2. The number of thiophene rings is 1. The number of amides is 1. The van der Waals surface area contributed by atoms with Crippen molar-refractivity contribution in [1.82, 2.24) is 10.2 Å². The molecule has 4 saturated carbocycles. The van der Waals surface area contributed by atoms with Crippen LogP contribution in [0, 0.1) is 29.6 Å². The molecule has 1 N–H and O–H groups in total. The fourth-order valence-corrected chi connectivity index (χ4v) is 7.47. The fourth-order valence-electron chi connectivity index (χ4n) is 6.61. The zero-order chi connectivity index (χ0) is 16.8. The van der Waals surface area contributed by atoms with Crippen molar-refractivity contribution in [2.45, 2.75) is 51.0 Å². The summed E-state index contributed by atoms with van der Waals surface area (Å²) in [6.07, 6.45) is 9.35. The Labute approximate surface area is 155 Å². The van der Waals surface area contributed by atoms with E-state index < -0.39 is 0 Å². The van der Waals surface area contributed by atoms with Gasteiger partial charge in [0.05, 0.1) is 6.04 Å². The molecule has 1 atom stereocenters. The van der Waals surface area contributed by atoms with Crippen LogP contribution in [-0.2, 0) is 4.79 Å². The van der Waals surface area contributed by atoms with Crippen molar-refractivity contribution in [3.05, 3.63) is 22.4 Å². The van der Waals surface area contributed by atoms with Crippen LogP contribution in [0.5, 0.6) is 0 Å². The van der Waals surface area contributed by atoms with Crippen LogP contribution in [0.25, 0.3) is 0 Å². The summed E-state index contributed by atoms with van der Waals surface area (Å²) in [6, 6.07) is 4.76. The average Bonchev–Trinajstić information content (AvgIpc) is 3.28. The summed E-state index contributed by atoms with van der Waals surface area (Å²) in [4.78, 5) is 17.1. The minimum atomic E-state index is 0.315. The van der Waals surface area contributed by atoms with Crippen molar-refractivity contribution in [1.29, 1.82) is 0 Å². The number of nitrogens with zero attached hydrogens (tertiary/aromatic N) is 1. The molecule has 4 aliphatic carbocycles. The van der Waals surface area contributed by atoms with Crippen LogP contribution in [0.1, 0.15) is 55.9 Å². The summed E-state index contributed by atoms with van der Waals surface area (Å²) in [5.41, 5.74) is 0. The highest BCUT2D eigenvalue weighted by Gasteiger charge is 2.50. The van der Waals surface area contributed by atoms with Gasteiger partial charge < -0.3 is 5.32 Å². The van der Waals surface area contributed by atoms with Gasteiger partial charge in [0.2, 0.25) is 5.91 Å². The van der Waals surface area contributed by atoms with Crippen molar-refractivity contribution in [3.8, 4) is 0 Å². The van der Waals surface area contributed by atoms with Crippen molar-refractivity contribution >= 4 is 17.2 Å². The lowest BCUT2D eigenvalue weighted by molar-refractivity contribution is -0.138. The number of carbonyl (C=O) groups is 1. The number of carbonyl (C=O) groups excluding carboxylic acids is 1. The van der Waals surface area contributed by atoms with E-state index in [0.29, 0.717) is 29.7 Å². The molecule has 0 spiro atoms. The quantitative estimate of drug-likeness (QED) is 0.860. The molecular weight excluding hydrogens is 328 g/mol. The number of nitrogens with one attached hydrogen (secondary N) is 1. The minimum absolute atomic E-state index is 0.315. The van der Waals surface area contributed by atoms with Crippen LogP contribution in [0.15, 0.2) is 17.5 Å². The molecule has 2 heterocycles. The Balaban J connectivity index is 1.26. The molecule has 0 radical (unpaired) electrons. The predicted molar refractivity (Wildman–Crippen MR) is 101 cm³/mol. The SMILES string of the molecule is O=C(NCC(c1cccs1)N1CCCC1)C1C2CC3CC(C2)CC1C3. The normalized spacial score (nSPS) is 38.2. The van der Waals surface area contributed by atoms with Gasteiger partial charge in [-0.3, -0.25) is 9.69 Å². The molecule has 6 rings (SSSR count). The van der Waals surface area contributed by atoms with Crippen molar-refractivity contribution in [2.75, 3.05) is 19.6 Å². The van der Waals surface area contributed by atoms with E-state index in [2.05, 4.69) is 27.7 Å². The molecule has 136 valence electrons. The van der Waals surface area contributed by atoms with Gasteiger partial charge in [0.25, 0.3) is 0 Å². The molecule has 5 fully saturated rings. The summed E-state index contributed by atoms with van der Waals surface area (Å²) >= 11 is 1.84. The highest BCUT2D eigenvalue weighted by Crippen LogP contribution is 2.56. The summed E-state index contributed by atoms with van der Waals surface area (Å²) in [5, 5.41) is 5.57. The van der Waals surface area contributed by atoms with E-state index in [0.717, 1.165) is 18.4 Å². The monoisotopic (exact) mass is 358 g/mol. The first-order valence-electron chi connectivity index (χ1n) is 10.3. The molecule has 0 aromatic carbocycles. The second-order valence-corrected chi connectivity index (χ2v) is 9.96. The maximum Gasteiger partial charge on any atom is 0.223 e. The summed E-state index contributed by atoms with van der Waals surface area (Å²) in [5.74, 6) is 3.93. The van der Waals surface area contributed by atoms with Gasteiger partial charge in [0, 0.05) is 17.3 Å². The van der Waals surface area contributed by atoms with Gasteiger partial charge in [0.15, 0.2) is 0 Å². The van der Waals surface area contributed by atoms with E-state index in [-0.39, 0.29) is 0 Å². The molecule has 1 saturated heterocycles. The third kappa shape index (κ3) is 3.06. The number of rotatable bonds is 5. The largest absolute Gasteiger partial charge is 0.354 e. The van der Waals surface area contributed by atoms with Crippen molar-refractivity contribution < 1.29 is 4.79 Å². The summed E-state index contributed by atoms with van der Waals surface area (Å²) < 4.78 is 0. The predicted octanol–water partition coefficient (Wildman–Crippen LogP) is 4.07. The fraction of sp³-hybridized carbons (Fsp3) is 0.762. The molecule has 4 bridgehead atoms. The molecule has 1 aliphatic heterocycles. The highest BCUT2D eigenvalue weighted by molar-refractivity contribution is 7.10. The van der Waals surface area contributed by atoms with E-state index in [1.807, 2.05) is 11.3 Å². The van der Waals surface area contributed by atoms with Gasteiger partial charge in [-0.05, 0) is 93.2 Å². The van der Waals surface area contributed by atoms with Gasteiger partial charge in [-0.2, -0.15) is 0 Å². The Morgan fingerprint density at radius 2 is 1.80 bits per heavy atom. The Bertz CT molecular complexity index is 579. The van der Waals surface area contributed by atoms with E-state index >= 15 is 0 Å². The number of hydrogen-bond acceptors (Lipinski definition) is 3. The smallest absolute Gasteiger partial charge is 0.223 e. The average molecular weight is 359 g/mol. The van der Waals surface area contributed by atoms with E-state index in [4.69, 9.17) is 0 Å². The lowest BCUT2D eigenvalue weighted by Gasteiger charge is -2.53. The Morgan fingerprint density at radius 1 is 1.12 bits per heavy atom. The second kappa shape index (κ2) is 6.70. The molecule has 1 aromatic rings. The zero-order valence-electron chi connectivity index (χ0n) is 15.0. The highest BCUT2D eigenvalue weighted by atomic mass is 32.1. The molecule has 4 heteroatoms. The minimum Gasteiger partial charge on any atom is -0.354 e. The van der Waals surface area contributed by atoms with Crippen LogP contribution < -0.4 is 5.32 Å². The third-order valence-electron chi connectivity index (χ3n) is 7.45. The van der Waals surface area contributed by atoms with Gasteiger partial charge >= 0.3 is 0 Å². The standard InChI is InChI=1S/C21H30N2OS/c24-21(20-16-9-14-8-15(11-16)12-17(20)10-14)22-13-18(19-4-3-7-25-19)23-5-1-2-6-23/h3-4,7,14-18,20H,1-2,5-6,8-13H2,(H,22,24). The topological polar surface area (TPSA) is 32.3 Å². The Kier molecular flexibility index (Phi) is 4.37. The lowest BCUT2D eigenvalue weighted by atomic mass is 9.51. The van der Waals surface area contributed by atoms with Crippen LogP contribution in [0.2, 0.25) is 0 Å². The lowest BCUT2D eigenvalue weighted by Crippen LogP contribution is -2.51.